The fraction of sp³-hybridized carbons (Fsp3) is 0.273. The standard InChI is InChI=1S/C11H12Cl2N2O3/c1-6(5-16)14-10(17)11(18)15-9-4-7(12)2-3-8(9)13/h2-4,6,16H,5H2,1H3,(H,14,17)(H,15,18). The van der Waals surface area contributed by atoms with Crippen molar-refractivity contribution >= 4 is 40.7 Å². The highest BCUT2D eigenvalue weighted by molar-refractivity contribution is 6.42. The van der Waals surface area contributed by atoms with Crippen LogP contribution in [0.3, 0.4) is 0 Å². The summed E-state index contributed by atoms with van der Waals surface area (Å²) in [6.45, 7) is 1.31. The van der Waals surface area contributed by atoms with Crippen LogP contribution in [0.15, 0.2) is 18.2 Å². The Morgan fingerprint density at radius 2 is 2.00 bits per heavy atom. The molecule has 0 heterocycles. The molecule has 7 heteroatoms. The lowest BCUT2D eigenvalue weighted by molar-refractivity contribution is -0.136. The Hall–Kier alpha value is -1.30. The second-order valence-corrected chi connectivity index (χ2v) is 4.48. The van der Waals surface area contributed by atoms with E-state index in [0.717, 1.165) is 0 Å². The number of halogens is 2. The van der Waals surface area contributed by atoms with Crippen molar-refractivity contribution in [1.82, 2.24) is 5.32 Å². The third-order valence-corrected chi connectivity index (χ3v) is 2.60. The fourth-order valence-corrected chi connectivity index (χ4v) is 1.44. The molecular formula is C11H12Cl2N2O3. The Balaban J connectivity index is 2.69. The van der Waals surface area contributed by atoms with Gasteiger partial charge in [0.25, 0.3) is 0 Å². The number of amides is 2. The number of carbonyl (C=O) groups is 2. The lowest BCUT2D eigenvalue weighted by Gasteiger charge is -2.11. The van der Waals surface area contributed by atoms with Gasteiger partial charge in [-0.2, -0.15) is 0 Å². The zero-order valence-corrected chi connectivity index (χ0v) is 11.0. The van der Waals surface area contributed by atoms with Crippen molar-refractivity contribution in [3.8, 4) is 0 Å². The van der Waals surface area contributed by atoms with Gasteiger partial charge in [-0.25, -0.2) is 0 Å². The van der Waals surface area contributed by atoms with Gasteiger partial charge in [-0.1, -0.05) is 23.2 Å². The van der Waals surface area contributed by atoms with Crippen LogP contribution in [0.2, 0.25) is 10.0 Å². The molecular weight excluding hydrogens is 279 g/mol. The van der Waals surface area contributed by atoms with E-state index in [1.165, 1.54) is 12.1 Å². The first kappa shape index (κ1) is 14.8. The molecule has 0 aliphatic rings. The number of carbonyl (C=O) groups excluding carboxylic acids is 2. The summed E-state index contributed by atoms with van der Waals surface area (Å²) in [5.41, 5.74) is 0.251. The van der Waals surface area contributed by atoms with Crippen LogP contribution in [-0.4, -0.2) is 29.6 Å². The van der Waals surface area contributed by atoms with E-state index in [0.29, 0.717) is 5.02 Å². The zero-order valence-electron chi connectivity index (χ0n) is 9.54. The van der Waals surface area contributed by atoms with Crippen molar-refractivity contribution in [3.05, 3.63) is 28.2 Å². The number of hydrogen-bond donors (Lipinski definition) is 3. The lowest BCUT2D eigenvalue weighted by atomic mass is 10.3. The highest BCUT2D eigenvalue weighted by atomic mass is 35.5. The molecule has 2 amide bonds. The van der Waals surface area contributed by atoms with Crippen LogP contribution in [0.25, 0.3) is 0 Å². The Labute approximate surface area is 114 Å². The summed E-state index contributed by atoms with van der Waals surface area (Å²) in [6, 6.07) is 4.00. The summed E-state index contributed by atoms with van der Waals surface area (Å²) in [7, 11) is 0. The van der Waals surface area contributed by atoms with Gasteiger partial charge in [-0.05, 0) is 25.1 Å². The highest BCUT2D eigenvalue weighted by Gasteiger charge is 2.17. The van der Waals surface area contributed by atoms with Crippen LogP contribution >= 0.6 is 23.2 Å². The van der Waals surface area contributed by atoms with Crippen molar-refractivity contribution in [2.75, 3.05) is 11.9 Å². The average molecular weight is 291 g/mol. The van der Waals surface area contributed by atoms with Gasteiger partial charge >= 0.3 is 11.8 Å². The van der Waals surface area contributed by atoms with E-state index in [1.807, 2.05) is 0 Å². The van der Waals surface area contributed by atoms with Gasteiger partial charge in [0.1, 0.15) is 0 Å². The molecule has 0 radical (unpaired) electrons. The third-order valence-electron chi connectivity index (χ3n) is 2.03. The van der Waals surface area contributed by atoms with Crippen molar-refractivity contribution in [2.24, 2.45) is 0 Å². The molecule has 0 aliphatic carbocycles. The van der Waals surface area contributed by atoms with Crippen molar-refractivity contribution in [2.45, 2.75) is 13.0 Å². The molecule has 1 aromatic rings. The van der Waals surface area contributed by atoms with Crippen molar-refractivity contribution in [1.29, 1.82) is 0 Å². The summed E-state index contributed by atoms with van der Waals surface area (Å²) >= 11 is 11.6. The minimum absolute atomic E-state index is 0.251. The van der Waals surface area contributed by atoms with Crippen molar-refractivity contribution in [3.63, 3.8) is 0 Å². The summed E-state index contributed by atoms with van der Waals surface area (Å²) in [5.74, 6) is -1.73. The van der Waals surface area contributed by atoms with Gasteiger partial charge in [0.15, 0.2) is 0 Å². The summed E-state index contributed by atoms with van der Waals surface area (Å²) < 4.78 is 0. The lowest BCUT2D eigenvalue weighted by Crippen LogP contribution is -2.42. The summed E-state index contributed by atoms with van der Waals surface area (Å²) in [6.07, 6.45) is 0. The molecule has 0 saturated heterocycles. The molecule has 0 aliphatic heterocycles. The second kappa shape index (κ2) is 6.58. The second-order valence-electron chi connectivity index (χ2n) is 3.64. The van der Waals surface area contributed by atoms with Gasteiger partial charge in [0, 0.05) is 11.1 Å². The van der Waals surface area contributed by atoms with Crippen LogP contribution in [0.5, 0.6) is 0 Å². The van der Waals surface area contributed by atoms with E-state index in [-0.39, 0.29) is 17.3 Å². The molecule has 1 atom stereocenters. The predicted octanol–water partition coefficient (Wildman–Crippen LogP) is 1.43. The molecule has 5 nitrogen and oxygen atoms in total. The quantitative estimate of drug-likeness (QED) is 0.737. The van der Waals surface area contributed by atoms with E-state index < -0.39 is 17.9 Å². The normalized spacial score (nSPS) is 11.8. The topological polar surface area (TPSA) is 78.4 Å². The molecule has 0 saturated carbocycles. The number of hydrogen-bond acceptors (Lipinski definition) is 3. The van der Waals surface area contributed by atoms with E-state index >= 15 is 0 Å². The van der Waals surface area contributed by atoms with Gasteiger partial charge < -0.3 is 15.7 Å². The third kappa shape index (κ3) is 4.18. The SMILES string of the molecule is CC(CO)NC(=O)C(=O)Nc1cc(Cl)ccc1Cl. The maximum atomic E-state index is 11.5. The van der Waals surface area contributed by atoms with Crippen LogP contribution in [-0.2, 0) is 9.59 Å². The number of aliphatic hydroxyl groups is 1. The number of nitrogens with one attached hydrogen (secondary N) is 2. The first-order valence-electron chi connectivity index (χ1n) is 5.11. The summed E-state index contributed by atoms with van der Waals surface area (Å²) in [4.78, 5) is 22.9. The molecule has 98 valence electrons. The van der Waals surface area contributed by atoms with Gasteiger partial charge in [-0.15, -0.1) is 0 Å². The first-order valence-corrected chi connectivity index (χ1v) is 5.87. The molecule has 18 heavy (non-hydrogen) atoms. The number of benzene rings is 1. The maximum Gasteiger partial charge on any atom is 0.313 e. The summed E-state index contributed by atoms with van der Waals surface area (Å²) in [5, 5.41) is 14.1. The maximum absolute atomic E-state index is 11.5. The van der Waals surface area contributed by atoms with Crippen LogP contribution in [0, 0.1) is 0 Å². The van der Waals surface area contributed by atoms with E-state index in [1.54, 1.807) is 13.0 Å². The Morgan fingerprint density at radius 3 is 2.61 bits per heavy atom. The largest absolute Gasteiger partial charge is 0.394 e. The first-order chi connectivity index (χ1) is 8.43. The van der Waals surface area contributed by atoms with Crippen LogP contribution in [0.1, 0.15) is 6.92 Å². The Morgan fingerprint density at radius 1 is 1.33 bits per heavy atom. The van der Waals surface area contributed by atoms with Crippen LogP contribution in [0.4, 0.5) is 5.69 Å². The predicted molar refractivity (Wildman–Crippen MR) is 69.8 cm³/mol. The number of aliphatic hydroxyl groups excluding tert-OH is 1. The molecule has 0 fully saturated rings. The average Bonchev–Trinajstić information content (AvgIpc) is 2.33. The minimum Gasteiger partial charge on any atom is -0.394 e. The Kier molecular flexibility index (Phi) is 5.40. The van der Waals surface area contributed by atoms with Gasteiger partial charge in [0.2, 0.25) is 0 Å². The van der Waals surface area contributed by atoms with E-state index in [9.17, 15) is 9.59 Å². The molecule has 3 N–H and O–H groups in total. The molecule has 1 unspecified atom stereocenters. The van der Waals surface area contributed by atoms with E-state index in [4.69, 9.17) is 28.3 Å². The minimum atomic E-state index is -0.875. The van der Waals surface area contributed by atoms with E-state index in [2.05, 4.69) is 10.6 Å². The monoisotopic (exact) mass is 290 g/mol. The van der Waals surface area contributed by atoms with Gasteiger partial charge in [-0.3, -0.25) is 9.59 Å². The number of anilines is 1. The highest BCUT2D eigenvalue weighted by Crippen LogP contribution is 2.25. The molecule has 0 aromatic heterocycles. The zero-order chi connectivity index (χ0) is 13.7. The van der Waals surface area contributed by atoms with Crippen molar-refractivity contribution < 1.29 is 14.7 Å². The molecule has 0 spiro atoms. The van der Waals surface area contributed by atoms with Gasteiger partial charge in [0.05, 0.1) is 17.3 Å². The smallest absolute Gasteiger partial charge is 0.313 e. The molecule has 0 bridgehead atoms. The molecule has 1 aromatic carbocycles. The molecule has 1 rings (SSSR count). The fourth-order valence-electron chi connectivity index (χ4n) is 1.11. The Bertz CT molecular complexity index is 466. The van der Waals surface area contributed by atoms with Crippen LogP contribution < -0.4 is 10.6 Å². The number of rotatable bonds is 3.